The third kappa shape index (κ3) is 1.15. The Balaban J connectivity index is 2.54. The molecule has 1 rings (SSSR count). The van der Waals surface area contributed by atoms with Crippen molar-refractivity contribution in [3.63, 3.8) is 0 Å². The summed E-state index contributed by atoms with van der Waals surface area (Å²) in [7, 11) is 0. The maximum absolute atomic E-state index is 10.5. The molecule has 0 aromatic carbocycles. The van der Waals surface area contributed by atoms with Crippen LogP contribution in [0.2, 0.25) is 0 Å². The summed E-state index contributed by atoms with van der Waals surface area (Å²) in [6, 6.07) is 0. The van der Waals surface area contributed by atoms with Gasteiger partial charge in [0, 0.05) is 0 Å². The van der Waals surface area contributed by atoms with Gasteiger partial charge in [0.2, 0.25) is 0 Å². The van der Waals surface area contributed by atoms with E-state index < -0.39 is 0 Å². The average Bonchev–Trinajstić information content (AvgIpc) is 2.13. The van der Waals surface area contributed by atoms with Crippen molar-refractivity contribution >= 4 is 6.09 Å². The Kier molecular flexibility index (Phi) is 1.35. The largest absolute Gasteiger partial charge is 0.447 e. The first-order valence-electron chi connectivity index (χ1n) is 3.11. The number of cyclic esters (lactones) is 1. The summed E-state index contributed by atoms with van der Waals surface area (Å²) >= 11 is 0. The maximum Gasteiger partial charge on any atom is 0.407 e. The molecular formula is C6H11NO2. The summed E-state index contributed by atoms with van der Waals surface area (Å²) in [5.41, 5.74) is -0.114. The number of hydrogen-bond donors (Lipinski definition) is 1. The molecule has 3 heteroatoms. The average molecular weight is 129 g/mol. The smallest absolute Gasteiger partial charge is 0.407 e. The van der Waals surface area contributed by atoms with Crippen LogP contribution < -0.4 is 5.32 Å². The molecule has 1 aliphatic heterocycles. The Morgan fingerprint density at radius 1 is 1.89 bits per heavy atom. The second-order valence-electron chi connectivity index (χ2n) is 2.62. The topological polar surface area (TPSA) is 38.3 Å². The third-order valence-corrected chi connectivity index (χ3v) is 1.71. The molecule has 1 fully saturated rings. The predicted molar refractivity (Wildman–Crippen MR) is 33.2 cm³/mol. The van der Waals surface area contributed by atoms with Gasteiger partial charge in [0.25, 0.3) is 0 Å². The van der Waals surface area contributed by atoms with Crippen molar-refractivity contribution in [2.45, 2.75) is 25.8 Å². The molecule has 0 bridgehead atoms. The fourth-order valence-corrected chi connectivity index (χ4v) is 0.734. The van der Waals surface area contributed by atoms with Gasteiger partial charge in [-0.3, -0.25) is 0 Å². The van der Waals surface area contributed by atoms with Gasteiger partial charge in [0.05, 0.1) is 5.54 Å². The molecule has 0 saturated carbocycles. The van der Waals surface area contributed by atoms with E-state index in [9.17, 15) is 4.79 Å². The number of alkyl carbamates (subject to hydrolysis) is 1. The number of amides is 1. The van der Waals surface area contributed by atoms with Gasteiger partial charge >= 0.3 is 6.09 Å². The van der Waals surface area contributed by atoms with Crippen molar-refractivity contribution in [2.75, 3.05) is 6.61 Å². The summed E-state index contributed by atoms with van der Waals surface area (Å²) in [4.78, 5) is 10.5. The molecular weight excluding hydrogens is 118 g/mol. The van der Waals surface area contributed by atoms with Crippen LogP contribution in [0, 0.1) is 0 Å². The molecule has 1 atom stereocenters. The second-order valence-corrected chi connectivity index (χ2v) is 2.62. The molecule has 1 saturated heterocycles. The lowest BCUT2D eigenvalue weighted by molar-refractivity contribution is 0.173. The third-order valence-electron chi connectivity index (χ3n) is 1.71. The Morgan fingerprint density at radius 3 is 2.78 bits per heavy atom. The highest BCUT2D eigenvalue weighted by Crippen LogP contribution is 2.14. The molecule has 1 amide bonds. The van der Waals surface area contributed by atoms with Crippen molar-refractivity contribution in [2.24, 2.45) is 0 Å². The number of rotatable bonds is 1. The minimum atomic E-state index is -0.292. The van der Waals surface area contributed by atoms with Crippen LogP contribution in [0.5, 0.6) is 0 Å². The van der Waals surface area contributed by atoms with E-state index in [1.54, 1.807) is 0 Å². The lowest BCUT2D eigenvalue weighted by Gasteiger charge is -2.16. The lowest BCUT2D eigenvalue weighted by atomic mass is 10.0. The zero-order chi connectivity index (χ0) is 6.91. The van der Waals surface area contributed by atoms with Gasteiger partial charge in [0.1, 0.15) is 6.61 Å². The van der Waals surface area contributed by atoms with Gasteiger partial charge in [-0.25, -0.2) is 4.79 Å². The molecule has 9 heavy (non-hydrogen) atoms. The van der Waals surface area contributed by atoms with E-state index in [1.807, 2.05) is 13.8 Å². The van der Waals surface area contributed by atoms with Crippen LogP contribution in [-0.2, 0) is 4.74 Å². The second kappa shape index (κ2) is 1.90. The van der Waals surface area contributed by atoms with Crippen molar-refractivity contribution in [1.29, 1.82) is 0 Å². The van der Waals surface area contributed by atoms with Gasteiger partial charge in [-0.1, -0.05) is 6.92 Å². The predicted octanol–water partition coefficient (Wildman–Crippen LogP) is 0.895. The normalized spacial score (nSPS) is 33.8. The molecule has 0 aliphatic carbocycles. The maximum atomic E-state index is 10.5. The quantitative estimate of drug-likeness (QED) is 0.571. The van der Waals surface area contributed by atoms with Crippen LogP contribution in [0.1, 0.15) is 20.3 Å². The molecule has 0 aromatic rings. The van der Waals surface area contributed by atoms with Crippen LogP contribution in [0.4, 0.5) is 4.79 Å². The Labute approximate surface area is 54.4 Å². The summed E-state index contributed by atoms with van der Waals surface area (Å²) in [5.74, 6) is 0. The van der Waals surface area contributed by atoms with E-state index in [2.05, 4.69) is 5.32 Å². The Hall–Kier alpha value is -0.730. The van der Waals surface area contributed by atoms with E-state index >= 15 is 0 Å². The van der Waals surface area contributed by atoms with Crippen molar-refractivity contribution in [1.82, 2.24) is 5.32 Å². The fraction of sp³-hybridized carbons (Fsp3) is 0.833. The van der Waals surface area contributed by atoms with Gasteiger partial charge in [-0.2, -0.15) is 0 Å². The van der Waals surface area contributed by atoms with Crippen molar-refractivity contribution in [3.8, 4) is 0 Å². The zero-order valence-electron chi connectivity index (χ0n) is 5.73. The number of carbonyl (C=O) groups excluding carboxylic acids is 1. The lowest BCUT2D eigenvalue weighted by Crippen LogP contribution is -2.39. The summed E-state index contributed by atoms with van der Waals surface area (Å²) in [6.45, 7) is 4.50. The van der Waals surface area contributed by atoms with Gasteiger partial charge in [-0.15, -0.1) is 0 Å². The molecule has 0 unspecified atom stereocenters. The molecule has 52 valence electrons. The fourth-order valence-electron chi connectivity index (χ4n) is 0.734. The Bertz CT molecular complexity index is 135. The van der Waals surface area contributed by atoms with Crippen LogP contribution >= 0.6 is 0 Å². The monoisotopic (exact) mass is 129 g/mol. The molecule has 0 radical (unpaired) electrons. The summed E-state index contributed by atoms with van der Waals surface area (Å²) < 4.78 is 4.71. The first-order chi connectivity index (χ1) is 4.16. The van der Waals surface area contributed by atoms with E-state index in [0.29, 0.717) is 6.61 Å². The highest BCUT2D eigenvalue weighted by Gasteiger charge is 2.32. The van der Waals surface area contributed by atoms with Crippen LogP contribution in [0.15, 0.2) is 0 Å². The first-order valence-corrected chi connectivity index (χ1v) is 3.11. The number of ether oxygens (including phenoxy) is 1. The number of nitrogens with one attached hydrogen (secondary N) is 1. The van der Waals surface area contributed by atoms with Gasteiger partial charge in [-0.05, 0) is 13.3 Å². The SMILES string of the molecule is CC[C@]1(C)COC(=O)N1. The van der Waals surface area contributed by atoms with Crippen molar-refractivity contribution < 1.29 is 9.53 Å². The number of carbonyl (C=O) groups is 1. The minimum Gasteiger partial charge on any atom is -0.447 e. The molecule has 0 aromatic heterocycles. The molecule has 0 spiro atoms. The van der Waals surface area contributed by atoms with E-state index in [-0.39, 0.29) is 11.6 Å². The minimum absolute atomic E-state index is 0.114. The highest BCUT2D eigenvalue weighted by atomic mass is 16.6. The summed E-state index contributed by atoms with van der Waals surface area (Å²) in [6.07, 6.45) is 0.623. The van der Waals surface area contributed by atoms with Gasteiger partial charge < -0.3 is 10.1 Å². The van der Waals surface area contributed by atoms with Crippen LogP contribution in [-0.4, -0.2) is 18.2 Å². The zero-order valence-corrected chi connectivity index (χ0v) is 5.73. The number of hydrogen-bond acceptors (Lipinski definition) is 2. The van der Waals surface area contributed by atoms with E-state index in [4.69, 9.17) is 4.74 Å². The standard InChI is InChI=1S/C6H11NO2/c1-3-6(2)4-9-5(8)7-6/h3-4H2,1-2H3,(H,7,8)/t6-/m1/s1. The van der Waals surface area contributed by atoms with Crippen molar-refractivity contribution in [3.05, 3.63) is 0 Å². The first kappa shape index (κ1) is 6.39. The summed E-state index contributed by atoms with van der Waals surface area (Å²) in [5, 5.41) is 2.72. The van der Waals surface area contributed by atoms with Crippen LogP contribution in [0.3, 0.4) is 0 Å². The highest BCUT2D eigenvalue weighted by molar-refractivity contribution is 5.70. The molecule has 1 aliphatic rings. The Morgan fingerprint density at radius 2 is 2.56 bits per heavy atom. The molecule has 1 N–H and O–H groups in total. The molecule has 3 nitrogen and oxygen atoms in total. The molecule has 1 heterocycles. The van der Waals surface area contributed by atoms with E-state index in [1.165, 1.54) is 0 Å². The van der Waals surface area contributed by atoms with E-state index in [0.717, 1.165) is 6.42 Å². The van der Waals surface area contributed by atoms with Crippen LogP contribution in [0.25, 0.3) is 0 Å². The van der Waals surface area contributed by atoms with Gasteiger partial charge in [0.15, 0.2) is 0 Å².